The zero-order valence-electron chi connectivity index (χ0n) is 13.6. The van der Waals surface area contributed by atoms with Crippen molar-refractivity contribution >= 4 is 23.3 Å². The third-order valence-electron chi connectivity index (χ3n) is 4.99. The number of likely N-dealkylation sites (tertiary alicyclic amines) is 1. The highest BCUT2D eigenvalue weighted by Crippen LogP contribution is 2.37. The zero-order valence-corrected chi connectivity index (χ0v) is 14.5. The summed E-state index contributed by atoms with van der Waals surface area (Å²) in [4.78, 5) is 27.8. The molecule has 2 aliphatic rings. The van der Waals surface area contributed by atoms with Crippen molar-refractivity contribution in [3.05, 3.63) is 62.2 Å². The fourth-order valence-corrected chi connectivity index (χ4v) is 4.78. The molecule has 0 unspecified atom stereocenters. The summed E-state index contributed by atoms with van der Waals surface area (Å²) >= 11 is 1.49. The van der Waals surface area contributed by atoms with Gasteiger partial charge in [-0.1, -0.05) is 18.2 Å². The molecule has 0 radical (unpaired) electrons. The number of carbonyl (C=O) groups is 1. The molecular weight excluding hydrogens is 320 g/mol. The van der Waals surface area contributed by atoms with E-state index in [4.69, 9.17) is 0 Å². The summed E-state index contributed by atoms with van der Waals surface area (Å²) < 4.78 is 1.93. The van der Waals surface area contributed by atoms with Crippen LogP contribution in [-0.2, 0) is 6.54 Å². The predicted molar refractivity (Wildman–Crippen MR) is 96.5 cm³/mol. The smallest absolute Gasteiger partial charge is 0.263 e. The monoisotopic (exact) mass is 340 g/mol. The number of aromatic nitrogens is 1. The highest BCUT2D eigenvalue weighted by Gasteiger charge is 2.37. The van der Waals surface area contributed by atoms with Crippen LogP contribution in [0.4, 0.5) is 0 Å². The molecule has 0 spiro atoms. The quantitative estimate of drug-likeness (QED) is 0.842. The van der Waals surface area contributed by atoms with Crippen LogP contribution in [0.25, 0.3) is 6.08 Å². The van der Waals surface area contributed by atoms with Gasteiger partial charge >= 0.3 is 0 Å². The first-order valence-electron chi connectivity index (χ1n) is 8.36. The van der Waals surface area contributed by atoms with Crippen molar-refractivity contribution in [3.63, 3.8) is 0 Å². The highest BCUT2D eigenvalue weighted by molar-refractivity contribution is 7.12. The van der Waals surface area contributed by atoms with Crippen LogP contribution in [-0.4, -0.2) is 28.5 Å². The number of piperidine rings is 1. The molecule has 2 aromatic heterocycles. The molecule has 1 amide bonds. The van der Waals surface area contributed by atoms with Crippen LogP contribution >= 0.6 is 11.3 Å². The highest BCUT2D eigenvalue weighted by atomic mass is 32.1. The van der Waals surface area contributed by atoms with E-state index in [9.17, 15) is 9.59 Å². The van der Waals surface area contributed by atoms with Crippen molar-refractivity contribution in [1.29, 1.82) is 0 Å². The third kappa shape index (κ3) is 2.53. The van der Waals surface area contributed by atoms with Crippen molar-refractivity contribution in [2.75, 3.05) is 13.1 Å². The van der Waals surface area contributed by atoms with Crippen molar-refractivity contribution in [3.8, 4) is 0 Å². The fourth-order valence-electron chi connectivity index (χ4n) is 4.09. The number of pyridine rings is 1. The average Bonchev–Trinajstić information content (AvgIpc) is 3.11. The summed E-state index contributed by atoms with van der Waals surface area (Å²) in [5.74, 6) is 0.722. The standard InChI is InChI=1S/C19H20N2O2S/c1-2-4-14-6-7-17(22)21-11-13-9-15(18(14)21)12-20(10-13)19(23)16-5-3-8-24-16/h2-8,13,15H,9-12H2,1H3/b4-2+/t13-,15+/m0/s1. The van der Waals surface area contributed by atoms with Crippen LogP contribution in [0.2, 0.25) is 0 Å². The van der Waals surface area contributed by atoms with Crippen molar-refractivity contribution in [1.82, 2.24) is 9.47 Å². The van der Waals surface area contributed by atoms with Gasteiger partial charge in [-0.2, -0.15) is 0 Å². The first kappa shape index (κ1) is 15.4. The summed E-state index contributed by atoms with van der Waals surface area (Å²) in [5, 5.41) is 1.94. The molecule has 5 heteroatoms. The second kappa shape index (κ2) is 6.06. The molecule has 1 fully saturated rings. The molecule has 2 bridgehead atoms. The Kier molecular flexibility index (Phi) is 3.88. The van der Waals surface area contributed by atoms with E-state index in [0.717, 1.165) is 29.1 Å². The van der Waals surface area contributed by atoms with Crippen LogP contribution in [0.15, 0.2) is 40.5 Å². The predicted octanol–water partition coefficient (Wildman–Crippen LogP) is 3.20. The van der Waals surface area contributed by atoms with Crippen LogP contribution in [0.3, 0.4) is 0 Å². The van der Waals surface area contributed by atoms with Crippen molar-refractivity contribution in [2.45, 2.75) is 25.8 Å². The average molecular weight is 340 g/mol. The van der Waals surface area contributed by atoms with Gasteiger partial charge in [-0.3, -0.25) is 9.59 Å². The lowest BCUT2D eigenvalue weighted by molar-refractivity contribution is 0.0599. The Hall–Kier alpha value is -2.14. The van der Waals surface area contributed by atoms with Gasteiger partial charge in [0.15, 0.2) is 0 Å². The molecule has 0 aliphatic carbocycles. The lowest BCUT2D eigenvalue weighted by Gasteiger charge is -2.43. The number of hydrogen-bond acceptors (Lipinski definition) is 3. The van der Waals surface area contributed by atoms with Crippen LogP contribution in [0, 0.1) is 5.92 Å². The first-order chi connectivity index (χ1) is 11.7. The molecule has 2 atom stereocenters. The number of carbonyl (C=O) groups excluding carboxylic acids is 1. The van der Waals surface area contributed by atoms with E-state index in [1.807, 2.05) is 46.0 Å². The Balaban J connectivity index is 1.71. The maximum absolute atomic E-state index is 12.7. The number of rotatable bonds is 2. The van der Waals surface area contributed by atoms with Gasteiger partial charge in [-0.05, 0) is 42.3 Å². The van der Waals surface area contributed by atoms with E-state index in [0.29, 0.717) is 19.0 Å². The minimum Gasteiger partial charge on any atom is -0.337 e. The summed E-state index contributed by atoms with van der Waals surface area (Å²) in [6.07, 6.45) is 5.12. The topological polar surface area (TPSA) is 42.3 Å². The molecule has 24 heavy (non-hydrogen) atoms. The molecule has 2 aromatic rings. The van der Waals surface area contributed by atoms with E-state index in [-0.39, 0.29) is 17.4 Å². The molecule has 4 nitrogen and oxygen atoms in total. The minimum atomic E-state index is 0.0750. The second-order valence-corrected chi connectivity index (χ2v) is 7.56. The molecule has 0 aromatic carbocycles. The molecule has 124 valence electrons. The number of hydrogen-bond donors (Lipinski definition) is 0. The van der Waals surface area contributed by atoms with Crippen LogP contribution in [0.1, 0.15) is 40.2 Å². The zero-order chi connectivity index (χ0) is 16.7. The van der Waals surface area contributed by atoms with Crippen molar-refractivity contribution < 1.29 is 4.79 Å². The molecule has 2 aliphatic heterocycles. The van der Waals surface area contributed by atoms with Gasteiger partial charge in [0.2, 0.25) is 0 Å². The Morgan fingerprint density at radius 1 is 1.25 bits per heavy atom. The summed E-state index contributed by atoms with van der Waals surface area (Å²) in [5.41, 5.74) is 2.28. The van der Waals surface area contributed by atoms with Gasteiger partial charge in [0, 0.05) is 37.3 Å². The van der Waals surface area contributed by atoms with E-state index in [1.165, 1.54) is 11.3 Å². The lowest BCUT2D eigenvalue weighted by Crippen LogP contribution is -2.49. The third-order valence-corrected chi connectivity index (χ3v) is 5.85. The van der Waals surface area contributed by atoms with E-state index in [1.54, 1.807) is 6.07 Å². The van der Waals surface area contributed by atoms with Crippen LogP contribution in [0.5, 0.6) is 0 Å². The van der Waals surface area contributed by atoms with E-state index >= 15 is 0 Å². The van der Waals surface area contributed by atoms with Gasteiger partial charge in [-0.15, -0.1) is 11.3 Å². The Bertz CT molecular complexity index is 851. The first-order valence-corrected chi connectivity index (χ1v) is 9.24. The van der Waals surface area contributed by atoms with Crippen molar-refractivity contribution in [2.24, 2.45) is 5.92 Å². The van der Waals surface area contributed by atoms with E-state index < -0.39 is 0 Å². The lowest BCUT2D eigenvalue weighted by atomic mass is 9.81. The van der Waals surface area contributed by atoms with E-state index in [2.05, 4.69) is 6.08 Å². The number of thiophene rings is 1. The molecule has 1 saturated heterocycles. The van der Waals surface area contributed by atoms with Gasteiger partial charge < -0.3 is 9.47 Å². The number of fused-ring (bicyclic) bond motifs is 4. The summed E-state index contributed by atoms with van der Waals surface area (Å²) in [6, 6.07) is 7.38. The number of nitrogens with zero attached hydrogens (tertiary/aromatic N) is 2. The molecule has 0 saturated carbocycles. The Labute approximate surface area is 145 Å². The van der Waals surface area contributed by atoms with Gasteiger partial charge in [-0.25, -0.2) is 0 Å². The molecular formula is C19H20N2O2S. The molecule has 0 N–H and O–H groups in total. The van der Waals surface area contributed by atoms with Gasteiger partial charge in [0.1, 0.15) is 0 Å². The second-order valence-electron chi connectivity index (χ2n) is 6.61. The normalized spacial score (nSPS) is 22.6. The largest absolute Gasteiger partial charge is 0.337 e. The minimum absolute atomic E-state index is 0.0750. The maximum atomic E-state index is 12.7. The summed E-state index contributed by atoms with van der Waals surface area (Å²) in [6.45, 7) is 4.14. The summed E-state index contributed by atoms with van der Waals surface area (Å²) in [7, 11) is 0. The van der Waals surface area contributed by atoms with Crippen LogP contribution < -0.4 is 5.56 Å². The molecule has 4 rings (SSSR count). The fraction of sp³-hybridized carbons (Fsp3) is 0.368. The Morgan fingerprint density at radius 2 is 2.12 bits per heavy atom. The van der Waals surface area contributed by atoms with Gasteiger partial charge in [0.25, 0.3) is 11.5 Å². The SMILES string of the molecule is C/C=C/c1ccc(=O)n2c1[C@@H]1C[C@@H](CN(C(=O)c3cccs3)C1)C2. The Morgan fingerprint density at radius 3 is 2.88 bits per heavy atom. The number of allylic oxidation sites excluding steroid dienone is 1. The molecule has 4 heterocycles. The van der Waals surface area contributed by atoms with Gasteiger partial charge in [0.05, 0.1) is 4.88 Å². The number of amides is 1. The maximum Gasteiger partial charge on any atom is 0.263 e.